The van der Waals surface area contributed by atoms with Gasteiger partial charge < -0.3 is 14.2 Å². The third-order valence-electron chi connectivity index (χ3n) is 6.13. The quantitative estimate of drug-likeness (QED) is 0.407. The maximum absolute atomic E-state index is 12.8. The minimum Gasteiger partial charge on any atom is -0.458 e. The van der Waals surface area contributed by atoms with Crippen LogP contribution in [0.3, 0.4) is 0 Å². The average Bonchev–Trinajstić information content (AvgIpc) is 3.00. The van der Waals surface area contributed by atoms with Crippen LogP contribution in [0.1, 0.15) is 48.0 Å². The Morgan fingerprint density at radius 3 is 2.48 bits per heavy atom. The molecule has 0 amide bonds. The first-order valence-electron chi connectivity index (χ1n) is 9.68. The highest BCUT2D eigenvalue weighted by Gasteiger charge is 2.65. The molecule has 0 aromatic carbocycles. The summed E-state index contributed by atoms with van der Waals surface area (Å²) in [6, 6.07) is 0. The Labute approximate surface area is 169 Å². The number of ether oxygens (including phenoxy) is 3. The molecule has 0 bridgehead atoms. The molecule has 0 spiro atoms. The molecule has 0 aromatic rings. The highest BCUT2D eigenvalue weighted by atomic mass is 16.6. The predicted octanol–water partition coefficient (Wildman–Crippen LogP) is 2.59. The van der Waals surface area contributed by atoms with Crippen molar-refractivity contribution < 1.29 is 33.4 Å². The van der Waals surface area contributed by atoms with E-state index < -0.39 is 47.6 Å². The zero-order chi connectivity index (χ0) is 21.7. The van der Waals surface area contributed by atoms with Crippen molar-refractivity contribution in [1.29, 1.82) is 0 Å². The second-order valence-corrected chi connectivity index (χ2v) is 8.14. The fraction of sp³-hybridized carbons (Fsp3) is 0.545. The van der Waals surface area contributed by atoms with Crippen LogP contribution in [0.5, 0.6) is 0 Å². The third-order valence-corrected chi connectivity index (χ3v) is 6.13. The van der Waals surface area contributed by atoms with Crippen LogP contribution in [0, 0.1) is 11.8 Å². The number of allylic oxidation sites excluding steroid dienone is 2. The summed E-state index contributed by atoms with van der Waals surface area (Å²) in [5.74, 6) is -3.18. The van der Waals surface area contributed by atoms with Gasteiger partial charge in [0.15, 0.2) is 5.78 Å². The van der Waals surface area contributed by atoms with Crippen LogP contribution in [0.15, 0.2) is 34.4 Å². The van der Waals surface area contributed by atoms with Gasteiger partial charge >= 0.3 is 17.9 Å². The molecular formula is C22H26O7. The Morgan fingerprint density at radius 2 is 1.90 bits per heavy atom. The molecule has 1 fully saturated rings. The summed E-state index contributed by atoms with van der Waals surface area (Å²) in [6.07, 6.45) is 1.86. The number of rotatable bonds is 3. The lowest BCUT2D eigenvalue weighted by atomic mass is 9.77. The van der Waals surface area contributed by atoms with Crippen molar-refractivity contribution in [2.24, 2.45) is 11.8 Å². The van der Waals surface area contributed by atoms with Crippen molar-refractivity contribution in [2.75, 3.05) is 0 Å². The molecule has 3 rings (SSSR count). The van der Waals surface area contributed by atoms with Gasteiger partial charge in [-0.15, -0.1) is 0 Å². The minimum atomic E-state index is -1.62. The number of carbonyl (C=O) groups excluding carboxylic acids is 4. The monoisotopic (exact) mass is 402 g/mol. The predicted molar refractivity (Wildman–Crippen MR) is 102 cm³/mol. The van der Waals surface area contributed by atoms with Crippen LogP contribution >= 0.6 is 0 Å². The van der Waals surface area contributed by atoms with E-state index >= 15 is 0 Å². The van der Waals surface area contributed by atoms with E-state index in [0.29, 0.717) is 11.1 Å². The van der Waals surface area contributed by atoms with E-state index in [0.717, 1.165) is 11.1 Å². The lowest BCUT2D eigenvalue weighted by Crippen LogP contribution is -2.50. The van der Waals surface area contributed by atoms with E-state index in [4.69, 9.17) is 14.2 Å². The smallest absolute Gasteiger partial charge is 0.351 e. The number of carbonyl (C=O) groups is 4. The summed E-state index contributed by atoms with van der Waals surface area (Å²) in [5.41, 5.74) is 0.921. The SMILES string of the molecule is CC=C(C)C(=O)OC1CC(C)=C2C(=O)C=C(C)C2C2OC(=O)C(C)(OC(C)=O)C12. The first-order valence-corrected chi connectivity index (χ1v) is 9.68. The van der Waals surface area contributed by atoms with Crippen LogP contribution in [-0.2, 0) is 33.4 Å². The van der Waals surface area contributed by atoms with E-state index in [1.165, 1.54) is 13.8 Å². The number of hydrogen-bond acceptors (Lipinski definition) is 7. The summed E-state index contributed by atoms with van der Waals surface area (Å²) in [6.45, 7) is 9.69. The van der Waals surface area contributed by atoms with Crippen molar-refractivity contribution in [3.8, 4) is 0 Å². The molecule has 5 atom stereocenters. The van der Waals surface area contributed by atoms with Crippen molar-refractivity contribution in [3.63, 3.8) is 0 Å². The van der Waals surface area contributed by atoms with Crippen molar-refractivity contribution in [2.45, 2.75) is 65.8 Å². The van der Waals surface area contributed by atoms with Gasteiger partial charge in [0, 0.05) is 30.4 Å². The van der Waals surface area contributed by atoms with Crippen LogP contribution in [0.4, 0.5) is 0 Å². The van der Waals surface area contributed by atoms with Gasteiger partial charge in [-0.25, -0.2) is 9.59 Å². The maximum atomic E-state index is 12.8. The number of ketones is 1. The molecule has 156 valence electrons. The summed E-state index contributed by atoms with van der Waals surface area (Å²) in [7, 11) is 0. The van der Waals surface area contributed by atoms with E-state index in [9.17, 15) is 19.2 Å². The van der Waals surface area contributed by atoms with Crippen molar-refractivity contribution in [3.05, 3.63) is 34.4 Å². The molecule has 0 aromatic heterocycles. The summed E-state index contributed by atoms with van der Waals surface area (Å²) >= 11 is 0. The Morgan fingerprint density at radius 1 is 1.24 bits per heavy atom. The zero-order valence-corrected chi connectivity index (χ0v) is 17.5. The van der Waals surface area contributed by atoms with Crippen molar-refractivity contribution >= 4 is 23.7 Å². The highest BCUT2D eigenvalue weighted by Crippen LogP contribution is 2.51. The molecule has 0 N–H and O–H groups in total. The molecule has 3 aliphatic rings. The molecular weight excluding hydrogens is 376 g/mol. The second-order valence-electron chi connectivity index (χ2n) is 8.14. The molecule has 7 heteroatoms. The fourth-order valence-corrected chi connectivity index (χ4v) is 4.67. The standard InChI is InChI=1S/C22H26O7/c1-7-10(2)20(25)27-15-9-12(4)16-14(24)8-11(3)17(16)19-18(15)22(6,21(26)28-19)29-13(5)23/h7-8,15,17-19H,9H2,1-6H3. The zero-order valence-electron chi connectivity index (χ0n) is 17.5. The molecule has 1 heterocycles. The normalized spacial score (nSPS) is 34.1. The van der Waals surface area contributed by atoms with Crippen LogP contribution in [0.2, 0.25) is 0 Å². The minimum absolute atomic E-state index is 0.127. The van der Waals surface area contributed by atoms with Crippen LogP contribution in [-0.4, -0.2) is 41.5 Å². The molecule has 7 nitrogen and oxygen atoms in total. The van der Waals surface area contributed by atoms with Crippen LogP contribution in [0.25, 0.3) is 0 Å². The molecule has 0 saturated carbocycles. The first-order chi connectivity index (χ1) is 13.5. The largest absolute Gasteiger partial charge is 0.458 e. The van der Waals surface area contributed by atoms with Gasteiger partial charge in [-0.2, -0.15) is 0 Å². The van der Waals surface area contributed by atoms with E-state index in [1.54, 1.807) is 26.0 Å². The van der Waals surface area contributed by atoms with Crippen molar-refractivity contribution in [1.82, 2.24) is 0 Å². The third kappa shape index (κ3) is 3.32. The summed E-state index contributed by atoms with van der Waals surface area (Å²) < 4.78 is 16.9. The number of fused-ring (bicyclic) bond motifs is 3. The first kappa shape index (κ1) is 21.0. The molecule has 1 aliphatic heterocycles. The summed E-state index contributed by atoms with van der Waals surface area (Å²) in [5, 5.41) is 0. The van der Waals surface area contributed by atoms with E-state index in [2.05, 4.69) is 0 Å². The topological polar surface area (TPSA) is 96.0 Å². The molecule has 5 unspecified atom stereocenters. The van der Waals surface area contributed by atoms with Gasteiger partial charge in [0.25, 0.3) is 0 Å². The lowest BCUT2D eigenvalue weighted by Gasteiger charge is -2.34. The molecule has 1 saturated heterocycles. The van der Waals surface area contributed by atoms with Gasteiger partial charge in [-0.1, -0.05) is 17.2 Å². The highest BCUT2D eigenvalue weighted by molar-refractivity contribution is 6.09. The lowest BCUT2D eigenvalue weighted by molar-refractivity contribution is -0.176. The Kier molecular flexibility index (Phi) is 5.28. The van der Waals surface area contributed by atoms with E-state index in [1.807, 2.05) is 13.8 Å². The van der Waals surface area contributed by atoms with E-state index in [-0.39, 0.29) is 12.2 Å². The molecule has 2 aliphatic carbocycles. The Bertz CT molecular complexity index is 891. The fourth-order valence-electron chi connectivity index (χ4n) is 4.67. The molecule has 29 heavy (non-hydrogen) atoms. The van der Waals surface area contributed by atoms with Gasteiger partial charge in [-0.3, -0.25) is 9.59 Å². The second kappa shape index (κ2) is 7.28. The molecule has 0 radical (unpaired) electrons. The number of hydrogen-bond donors (Lipinski definition) is 0. The Balaban J connectivity index is 2.13. The maximum Gasteiger partial charge on any atom is 0.351 e. The average molecular weight is 402 g/mol. The van der Waals surface area contributed by atoms with Gasteiger partial charge in [0.05, 0.1) is 5.92 Å². The van der Waals surface area contributed by atoms with Gasteiger partial charge in [0.1, 0.15) is 12.2 Å². The summed E-state index contributed by atoms with van der Waals surface area (Å²) in [4.78, 5) is 49.7. The number of esters is 3. The van der Waals surface area contributed by atoms with Gasteiger partial charge in [-0.05, 0) is 40.7 Å². The van der Waals surface area contributed by atoms with Crippen LogP contribution < -0.4 is 0 Å². The Hall–Kier alpha value is -2.70. The van der Waals surface area contributed by atoms with Gasteiger partial charge in [0.2, 0.25) is 5.60 Å².